The molecule has 6 nitrogen and oxygen atoms in total. The van der Waals surface area contributed by atoms with Crippen LogP contribution in [0.15, 0.2) is 48.5 Å². The zero-order valence-corrected chi connectivity index (χ0v) is 11.1. The number of hydrogen-bond donors (Lipinski definition) is 2. The molecule has 2 N–H and O–H groups in total. The van der Waals surface area contributed by atoms with Gasteiger partial charge in [-0.05, 0) is 48.5 Å². The maximum absolute atomic E-state index is 8.40. The Morgan fingerprint density at radius 2 is 1.00 bits per heavy atom. The van der Waals surface area contributed by atoms with Gasteiger partial charge in [-0.25, -0.2) is 5.26 Å². The van der Waals surface area contributed by atoms with Crippen molar-refractivity contribution in [2.24, 2.45) is 0 Å². The van der Waals surface area contributed by atoms with Crippen LogP contribution < -0.4 is 19.4 Å². The third kappa shape index (κ3) is 4.68. The van der Waals surface area contributed by atoms with Crippen LogP contribution in [-0.2, 0) is 0 Å². The highest BCUT2D eigenvalue weighted by atomic mass is 17.2. The zero-order chi connectivity index (χ0) is 14.8. The van der Waals surface area contributed by atoms with Crippen molar-refractivity contribution >= 4 is 0 Å². The van der Waals surface area contributed by atoms with Gasteiger partial charge < -0.3 is 14.7 Å². The van der Waals surface area contributed by atoms with E-state index in [4.69, 9.17) is 24.9 Å². The van der Waals surface area contributed by atoms with Gasteiger partial charge in [-0.2, -0.15) is 0 Å². The van der Waals surface area contributed by atoms with E-state index in [9.17, 15) is 0 Å². The quantitative estimate of drug-likeness (QED) is 0.647. The average molecular weight is 280 g/mol. The topological polar surface area (TPSA) is 77.4 Å². The van der Waals surface area contributed by atoms with Crippen LogP contribution in [-0.4, -0.2) is 24.6 Å². The Hall–Kier alpha value is -2.44. The SMILES string of the molecule is CO.COc1ccc(OOc2ccc(OO)cc2)cc1. The van der Waals surface area contributed by atoms with Crippen molar-refractivity contribution in [3.05, 3.63) is 48.5 Å². The first-order valence-electron chi connectivity index (χ1n) is 5.66. The predicted octanol–water partition coefficient (Wildman–Crippen LogP) is 2.53. The van der Waals surface area contributed by atoms with Crippen molar-refractivity contribution in [3.8, 4) is 23.0 Å². The number of hydrogen-bond acceptors (Lipinski definition) is 6. The van der Waals surface area contributed by atoms with Gasteiger partial charge in [0.25, 0.3) is 0 Å². The first-order valence-corrected chi connectivity index (χ1v) is 5.66. The molecule has 0 saturated heterocycles. The minimum absolute atomic E-state index is 0.326. The van der Waals surface area contributed by atoms with E-state index in [-0.39, 0.29) is 0 Å². The smallest absolute Gasteiger partial charge is 0.178 e. The van der Waals surface area contributed by atoms with Crippen molar-refractivity contribution in [1.29, 1.82) is 0 Å². The molecule has 0 atom stereocenters. The molecule has 0 unspecified atom stereocenters. The van der Waals surface area contributed by atoms with Gasteiger partial charge in [-0.1, -0.05) is 0 Å². The van der Waals surface area contributed by atoms with Crippen LogP contribution in [0.5, 0.6) is 23.0 Å². The number of aliphatic hydroxyl groups excluding tert-OH is 1. The lowest BCUT2D eigenvalue weighted by atomic mass is 10.3. The van der Waals surface area contributed by atoms with Gasteiger partial charge in [0.15, 0.2) is 17.2 Å². The van der Waals surface area contributed by atoms with Crippen molar-refractivity contribution in [2.45, 2.75) is 0 Å². The van der Waals surface area contributed by atoms with Crippen LogP contribution >= 0.6 is 0 Å². The van der Waals surface area contributed by atoms with Crippen LogP contribution in [0.3, 0.4) is 0 Å². The van der Waals surface area contributed by atoms with E-state index in [1.165, 1.54) is 0 Å². The van der Waals surface area contributed by atoms with E-state index in [1.54, 1.807) is 55.6 Å². The van der Waals surface area contributed by atoms with Crippen LogP contribution in [0, 0.1) is 0 Å². The van der Waals surface area contributed by atoms with Crippen LogP contribution in [0.2, 0.25) is 0 Å². The molecule has 6 heteroatoms. The van der Waals surface area contributed by atoms with Gasteiger partial charge in [0.05, 0.1) is 7.11 Å². The van der Waals surface area contributed by atoms with Gasteiger partial charge >= 0.3 is 0 Å². The third-order valence-electron chi connectivity index (χ3n) is 2.22. The molecule has 2 aromatic carbocycles. The standard InChI is InChI=1S/C13H12O5.CH4O/c1-15-10-2-6-12(7-3-10)17-18-13-8-4-11(16-14)5-9-13;1-2/h2-9,14H,1H3;2H,1H3. The summed E-state index contributed by atoms with van der Waals surface area (Å²) in [5.41, 5.74) is 0. The summed E-state index contributed by atoms with van der Waals surface area (Å²) >= 11 is 0. The largest absolute Gasteiger partial charge is 0.497 e. The summed E-state index contributed by atoms with van der Waals surface area (Å²) in [6.07, 6.45) is 0. The molecule has 0 aliphatic heterocycles. The molecule has 0 heterocycles. The number of ether oxygens (including phenoxy) is 1. The molecular formula is C14H16O6. The Morgan fingerprint density at radius 3 is 1.35 bits per heavy atom. The van der Waals surface area contributed by atoms with Crippen molar-refractivity contribution in [3.63, 3.8) is 0 Å². The minimum atomic E-state index is 0.326. The Balaban J connectivity index is 0.000000956. The lowest BCUT2D eigenvalue weighted by molar-refractivity contribution is -0.137. The molecule has 0 aliphatic rings. The fourth-order valence-corrected chi connectivity index (χ4v) is 1.28. The van der Waals surface area contributed by atoms with E-state index >= 15 is 0 Å². The number of methoxy groups -OCH3 is 1. The number of rotatable bonds is 5. The number of aliphatic hydroxyl groups is 1. The average Bonchev–Trinajstić information content (AvgIpc) is 2.55. The van der Waals surface area contributed by atoms with E-state index in [1.807, 2.05) is 0 Å². The first-order chi connectivity index (χ1) is 9.81. The predicted molar refractivity (Wildman–Crippen MR) is 72.1 cm³/mol. The van der Waals surface area contributed by atoms with Crippen molar-refractivity contribution in [1.82, 2.24) is 0 Å². The molecule has 0 saturated carbocycles. The molecule has 20 heavy (non-hydrogen) atoms. The monoisotopic (exact) mass is 280 g/mol. The second kappa shape index (κ2) is 8.63. The molecule has 0 spiro atoms. The molecule has 0 fully saturated rings. The summed E-state index contributed by atoms with van der Waals surface area (Å²) in [4.78, 5) is 14.2. The summed E-state index contributed by atoms with van der Waals surface area (Å²) in [6.45, 7) is 0. The fourth-order valence-electron chi connectivity index (χ4n) is 1.28. The molecule has 0 radical (unpaired) electrons. The van der Waals surface area contributed by atoms with Crippen LogP contribution in [0.4, 0.5) is 0 Å². The maximum Gasteiger partial charge on any atom is 0.178 e. The lowest BCUT2D eigenvalue weighted by Gasteiger charge is -2.06. The summed E-state index contributed by atoms with van der Waals surface area (Å²) in [5.74, 6) is 2.11. The summed E-state index contributed by atoms with van der Waals surface area (Å²) in [6, 6.07) is 13.3. The molecule has 2 aromatic rings. The zero-order valence-electron chi connectivity index (χ0n) is 11.1. The van der Waals surface area contributed by atoms with Gasteiger partial charge in [-0.3, -0.25) is 9.78 Å². The highest BCUT2D eigenvalue weighted by molar-refractivity contribution is 5.32. The Kier molecular flexibility index (Phi) is 6.74. The minimum Gasteiger partial charge on any atom is -0.497 e. The molecule has 0 aromatic heterocycles. The van der Waals surface area contributed by atoms with Gasteiger partial charge in [0.2, 0.25) is 0 Å². The van der Waals surface area contributed by atoms with E-state index in [0.717, 1.165) is 12.9 Å². The molecule has 2 rings (SSSR count). The van der Waals surface area contributed by atoms with Crippen molar-refractivity contribution < 1.29 is 29.8 Å². The Bertz CT molecular complexity index is 433. The highest BCUT2D eigenvalue weighted by Crippen LogP contribution is 2.20. The summed E-state index contributed by atoms with van der Waals surface area (Å²) < 4.78 is 5.02. The van der Waals surface area contributed by atoms with E-state index < -0.39 is 0 Å². The molecule has 0 bridgehead atoms. The lowest BCUT2D eigenvalue weighted by Crippen LogP contribution is -2.00. The van der Waals surface area contributed by atoms with Crippen LogP contribution in [0.1, 0.15) is 0 Å². The van der Waals surface area contributed by atoms with Crippen molar-refractivity contribution in [2.75, 3.05) is 14.2 Å². The highest BCUT2D eigenvalue weighted by Gasteiger charge is 1.99. The second-order valence-electron chi connectivity index (χ2n) is 3.40. The first kappa shape index (κ1) is 15.6. The summed E-state index contributed by atoms with van der Waals surface area (Å²) in [5, 5.41) is 15.4. The maximum atomic E-state index is 8.40. The van der Waals surface area contributed by atoms with Crippen LogP contribution in [0.25, 0.3) is 0 Å². The van der Waals surface area contributed by atoms with Gasteiger partial charge in [0.1, 0.15) is 5.75 Å². The molecule has 0 amide bonds. The normalized spacial score (nSPS) is 9.00. The van der Waals surface area contributed by atoms with Gasteiger partial charge in [-0.15, -0.1) is 0 Å². The Labute approximate surface area is 116 Å². The fraction of sp³-hybridized carbons (Fsp3) is 0.143. The second-order valence-corrected chi connectivity index (χ2v) is 3.40. The molecular weight excluding hydrogens is 264 g/mol. The summed E-state index contributed by atoms with van der Waals surface area (Å²) in [7, 11) is 2.59. The van der Waals surface area contributed by atoms with E-state index in [2.05, 4.69) is 4.89 Å². The number of benzene rings is 2. The Morgan fingerprint density at radius 1 is 0.650 bits per heavy atom. The van der Waals surface area contributed by atoms with E-state index in [0.29, 0.717) is 17.2 Å². The molecule has 0 aliphatic carbocycles. The molecule has 108 valence electrons. The third-order valence-corrected chi connectivity index (χ3v) is 2.22. The van der Waals surface area contributed by atoms with Gasteiger partial charge in [0, 0.05) is 7.11 Å².